The fourth-order valence-corrected chi connectivity index (χ4v) is 1.47. The number of alkyl halides is 1. The van der Waals surface area contributed by atoms with Crippen molar-refractivity contribution < 1.29 is 9.13 Å². The Labute approximate surface area is 76.5 Å². The zero-order valence-electron chi connectivity index (χ0n) is 7.46. The van der Waals surface area contributed by atoms with E-state index in [9.17, 15) is 4.39 Å². The van der Waals surface area contributed by atoms with Gasteiger partial charge in [-0.25, -0.2) is 4.39 Å². The van der Waals surface area contributed by atoms with Crippen LogP contribution in [0.25, 0.3) is 0 Å². The Morgan fingerprint density at radius 1 is 1.62 bits per heavy atom. The van der Waals surface area contributed by atoms with Gasteiger partial charge in [0.15, 0.2) is 5.67 Å². The van der Waals surface area contributed by atoms with Crippen molar-refractivity contribution in [2.24, 2.45) is 5.73 Å². The van der Waals surface area contributed by atoms with E-state index in [1.807, 2.05) is 0 Å². The van der Waals surface area contributed by atoms with Gasteiger partial charge in [-0.1, -0.05) is 12.1 Å². The molecule has 0 bridgehead atoms. The number of ether oxygens (including phenoxy) is 1. The van der Waals surface area contributed by atoms with Gasteiger partial charge in [0.1, 0.15) is 5.75 Å². The Morgan fingerprint density at radius 3 is 2.85 bits per heavy atom. The molecule has 1 aliphatic carbocycles. The lowest BCUT2D eigenvalue weighted by Crippen LogP contribution is -2.13. The summed E-state index contributed by atoms with van der Waals surface area (Å²) >= 11 is 0. The van der Waals surface area contributed by atoms with Gasteiger partial charge in [-0.3, -0.25) is 0 Å². The molecular formula is C10H12FNO. The summed E-state index contributed by atoms with van der Waals surface area (Å²) in [5.74, 6) is 0.675. The largest absolute Gasteiger partial charge is 0.497 e. The Balaban J connectivity index is 2.31. The third-order valence-electron chi connectivity index (χ3n) is 2.49. The molecule has 2 rings (SSSR count). The van der Waals surface area contributed by atoms with E-state index in [2.05, 4.69) is 0 Å². The molecule has 0 aromatic heterocycles. The van der Waals surface area contributed by atoms with Gasteiger partial charge in [0.2, 0.25) is 0 Å². The maximum absolute atomic E-state index is 13.8. The molecule has 1 fully saturated rings. The minimum Gasteiger partial charge on any atom is -0.497 e. The summed E-state index contributed by atoms with van der Waals surface area (Å²) in [6.07, 6.45) is 0.417. The lowest BCUT2D eigenvalue weighted by molar-refractivity contribution is 0.304. The summed E-state index contributed by atoms with van der Waals surface area (Å²) < 4.78 is 18.8. The Bertz CT molecular complexity index is 328. The molecule has 1 aromatic rings. The van der Waals surface area contributed by atoms with Crippen molar-refractivity contribution in [2.45, 2.75) is 18.1 Å². The van der Waals surface area contributed by atoms with E-state index in [0.717, 1.165) is 0 Å². The van der Waals surface area contributed by atoms with Crippen LogP contribution in [0.4, 0.5) is 4.39 Å². The molecule has 2 atom stereocenters. The first kappa shape index (κ1) is 8.51. The number of methoxy groups -OCH3 is 1. The number of hydrogen-bond acceptors (Lipinski definition) is 2. The zero-order valence-corrected chi connectivity index (χ0v) is 7.46. The predicted octanol–water partition coefficient (Wildman–Crippen LogP) is 1.59. The van der Waals surface area contributed by atoms with Crippen molar-refractivity contribution in [3.8, 4) is 5.75 Å². The van der Waals surface area contributed by atoms with E-state index < -0.39 is 5.67 Å². The quantitative estimate of drug-likeness (QED) is 0.752. The number of rotatable bonds is 2. The van der Waals surface area contributed by atoms with Crippen LogP contribution in [-0.2, 0) is 5.67 Å². The van der Waals surface area contributed by atoms with Crippen LogP contribution < -0.4 is 10.5 Å². The van der Waals surface area contributed by atoms with Crippen molar-refractivity contribution >= 4 is 0 Å². The number of nitrogens with two attached hydrogens (primary N) is 1. The van der Waals surface area contributed by atoms with Gasteiger partial charge >= 0.3 is 0 Å². The highest BCUT2D eigenvalue weighted by molar-refractivity contribution is 5.37. The minimum atomic E-state index is -1.31. The van der Waals surface area contributed by atoms with Gasteiger partial charge in [0.25, 0.3) is 0 Å². The number of benzene rings is 1. The molecule has 3 heteroatoms. The number of hydrogen-bond donors (Lipinski definition) is 1. The summed E-state index contributed by atoms with van der Waals surface area (Å²) in [5.41, 5.74) is 4.82. The molecule has 0 amide bonds. The standard InChI is InChI=1S/C10H12FNO/c1-13-8-4-2-3-7(5-8)10(11)6-9(10)12/h2-5,9H,6,12H2,1H3. The molecule has 1 aromatic carbocycles. The number of halogens is 1. The van der Waals surface area contributed by atoms with E-state index in [0.29, 0.717) is 17.7 Å². The van der Waals surface area contributed by atoms with E-state index in [-0.39, 0.29) is 6.04 Å². The molecule has 0 radical (unpaired) electrons. The SMILES string of the molecule is COc1cccc(C2(F)CC2N)c1. The van der Waals surface area contributed by atoms with Crippen molar-refractivity contribution in [3.05, 3.63) is 29.8 Å². The average molecular weight is 181 g/mol. The lowest BCUT2D eigenvalue weighted by Gasteiger charge is -2.07. The molecule has 0 spiro atoms. The first-order valence-corrected chi connectivity index (χ1v) is 4.26. The second-order valence-corrected chi connectivity index (χ2v) is 3.41. The van der Waals surface area contributed by atoms with Gasteiger partial charge in [-0.2, -0.15) is 0 Å². The minimum absolute atomic E-state index is 0.348. The second kappa shape index (κ2) is 2.70. The molecule has 0 heterocycles. The highest BCUT2D eigenvalue weighted by Gasteiger charge is 2.54. The van der Waals surface area contributed by atoms with Crippen LogP contribution in [0.5, 0.6) is 5.75 Å². The zero-order chi connectivity index (χ0) is 9.47. The van der Waals surface area contributed by atoms with Crippen molar-refractivity contribution in [1.29, 1.82) is 0 Å². The van der Waals surface area contributed by atoms with Gasteiger partial charge in [-0.15, -0.1) is 0 Å². The molecule has 70 valence electrons. The van der Waals surface area contributed by atoms with E-state index in [4.69, 9.17) is 10.5 Å². The molecule has 0 aliphatic heterocycles. The van der Waals surface area contributed by atoms with Crippen LogP contribution in [0, 0.1) is 0 Å². The molecule has 1 aliphatic rings. The van der Waals surface area contributed by atoms with Crippen molar-refractivity contribution in [2.75, 3.05) is 7.11 Å². The third-order valence-corrected chi connectivity index (χ3v) is 2.49. The first-order chi connectivity index (χ1) is 6.16. The molecule has 0 saturated heterocycles. The summed E-state index contributed by atoms with van der Waals surface area (Å²) in [6.45, 7) is 0. The van der Waals surface area contributed by atoms with Crippen LogP contribution in [0.3, 0.4) is 0 Å². The fourth-order valence-electron chi connectivity index (χ4n) is 1.47. The summed E-state index contributed by atoms with van der Waals surface area (Å²) in [6, 6.07) is 6.67. The topological polar surface area (TPSA) is 35.2 Å². The van der Waals surface area contributed by atoms with Crippen molar-refractivity contribution in [1.82, 2.24) is 0 Å². The maximum atomic E-state index is 13.8. The van der Waals surface area contributed by atoms with Gasteiger partial charge < -0.3 is 10.5 Å². The normalized spacial score (nSPS) is 31.5. The smallest absolute Gasteiger partial charge is 0.152 e. The Kier molecular flexibility index (Phi) is 1.77. The Morgan fingerprint density at radius 2 is 2.31 bits per heavy atom. The second-order valence-electron chi connectivity index (χ2n) is 3.41. The summed E-state index contributed by atoms with van der Waals surface area (Å²) in [7, 11) is 1.57. The van der Waals surface area contributed by atoms with Gasteiger partial charge in [0, 0.05) is 12.5 Å². The third kappa shape index (κ3) is 1.29. The summed E-state index contributed by atoms with van der Waals surface area (Å²) in [4.78, 5) is 0. The van der Waals surface area contributed by atoms with E-state index >= 15 is 0 Å². The van der Waals surface area contributed by atoms with Crippen LogP contribution in [0.2, 0.25) is 0 Å². The van der Waals surface area contributed by atoms with E-state index in [1.165, 1.54) is 0 Å². The van der Waals surface area contributed by atoms with E-state index in [1.54, 1.807) is 31.4 Å². The molecule has 2 nitrogen and oxygen atoms in total. The molecule has 13 heavy (non-hydrogen) atoms. The molecule has 2 unspecified atom stereocenters. The highest BCUT2D eigenvalue weighted by atomic mass is 19.1. The summed E-state index contributed by atoms with van der Waals surface area (Å²) in [5, 5.41) is 0. The average Bonchev–Trinajstić information content (AvgIpc) is 2.77. The van der Waals surface area contributed by atoms with Crippen LogP contribution in [-0.4, -0.2) is 13.2 Å². The van der Waals surface area contributed by atoms with Crippen LogP contribution >= 0.6 is 0 Å². The predicted molar refractivity (Wildman–Crippen MR) is 48.4 cm³/mol. The van der Waals surface area contributed by atoms with Crippen LogP contribution in [0.15, 0.2) is 24.3 Å². The van der Waals surface area contributed by atoms with Gasteiger partial charge in [0.05, 0.1) is 7.11 Å². The molecule has 1 saturated carbocycles. The lowest BCUT2D eigenvalue weighted by atomic mass is 10.1. The van der Waals surface area contributed by atoms with Crippen LogP contribution in [0.1, 0.15) is 12.0 Å². The van der Waals surface area contributed by atoms with Crippen molar-refractivity contribution in [3.63, 3.8) is 0 Å². The molecular weight excluding hydrogens is 169 g/mol. The maximum Gasteiger partial charge on any atom is 0.152 e. The molecule has 2 N–H and O–H groups in total. The monoisotopic (exact) mass is 181 g/mol. The Hall–Kier alpha value is -1.09. The first-order valence-electron chi connectivity index (χ1n) is 4.26. The van der Waals surface area contributed by atoms with Gasteiger partial charge in [-0.05, 0) is 17.7 Å². The fraction of sp³-hybridized carbons (Fsp3) is 0.400. The highest BCUT2D eigenvalue weighted by Crippen LogP contribution is 2.48.